The lowest BCUT2D eigenvalue weighted by atomic mass is 10.1. The van der Waals surface area contributed by atoms with Crippen molar-refractivity contribution in [3.63, 3.8) is 0 Å². The van der Waals surface area contributed by atoms with Gasteiger partial charge in [0.2, 0.25) is 0 Å². The first-order chi connectivity index (χ1) is 7.83. The van der Waals surface area contributed by atoms with Crippen molar-refractivity contribution in [3.8, 4) is 17.0 Å². The molecule has 0 aliphatic carbocycles. The first kappa shape index (κ1) is 10.7. The Morgan fingerprint density at radius 1 is 1.25 bits per heavy atom. The van der Waals surface area contributed by atoms with Gasteiger partial charge in [-0.15, -0.1) is 0 Å². The summed E-state index contributed by atoms with van der Waals surface area (Å²) in [5.74, 6) is 1.79. The molecule has 3 heteroatoms. The molecule has 0 atom stereocenters. The van der Waals surface area contributed by atoms with E-state index in [2.05, 4.69) is 12.1 Å². The Labute approximate surface area is 95.0 Å². The number of hydrogen-bond acceptors (Lipinski definition) is 3. The van der Waals surface area contributed by atoms with Crippen molar-refractivity contribution in [3.05, 3.63) is 36.1 Å². The van der Waals surface area contributed by atoms with E-state index < -0.39 is 0 Å². The standard InChI is InChI=1S/C13H15NO2/c1-3-4-12-9-13(14-16-12)10-5-7-11(15-2)8-6-10/h5-9H,3-4H2,1-2H3. The van der Waals surface area contributed by atoms with Gasteiger partial charge < -0.3 is 9.26 Å². The molecule has 0 unspecified atom stereocenters. The summed E-state index contributed by atoms with van der Waals surface area (Å²) in [6, 6.07) is 9.79. The smallest absolute Gasteiger partial charge is 0.137 e. The average molecular weight is 217 g/mol. The summed E-state index contributed by atoms with van der Waals surface area (Å²) in [6.07, 6.45) is 2.00. The minimum absolute atomic E-state index is 0.848. The molecule has 1 aromatic heterocycles. The Hall–Kier alpha value is -1.77. The number of aryl methyl sites for hydroxylation is 1. The highest BCUT2D eigenvalue weighted by molar-refractivity contribution is 5.59. The summed E-state index contributed by atoms with van der Waals surface area (Å²) >= 11 is 0. The van der Waals surface area contributed by atoms with Crippen LogP contribution in [0.5, 0.6) is 5.75 Å². The molecule has 0 fully saturated rings. The topological polar surface area (TPSA) is 35.3 Å². The lowest BCUT2D eigenvalue weighted by Crippen LogP contribution is -1.82. The minimum Gasteiger partial charge on any atom is -0.497 e. The zero-order chi connectivity index (χ0) is 11.4. The van der Waals surface area contributed by atoms with Crippen LogP contribution in [0.4, 0.5) is 0 Å². The lowest BCUT2D eigenvalue weighted by molar-refractivity contribution is 0.384. The molecule has 16 heavy (non-hydrogen) atoms. The fourth-order valence-corrected chi connectivity index (χ4v) is 1.58. The monoisotopic (exact) mass is 217 g/mol. The van der Waals surface area contributed by atoms with E-state index in [4.69, 9.17) is 9.26 Å². The fourth-order valence-electron chi connectivity index (χ4n) is 1.58. The van der Waals surface area contributed by atoms with E-state index >= 15 is 0 Å². The second kappa shape index (κ2) is 4.84. The van der Waals surface area contributed by atoms with Crippen molar-refractivity contribution in [2.45, 2.75) is 19.8 Å². The van der Waals surface area contributed by atoms with Gasteiger partial charge in [-0.25, -0.2) is 0 Å². The molecular formula is C13H15NO2. The van der Waals surface area contributed by atoms with Crippen LogP contribution in [0, 0.1) is 0 Å². The summed E-state index contributed by atoms with van der Waals surface area (Å²) in [5, 5.41) is 4.04. The minimum atomic E-state index is 0.848. The third-order valence-electron chi connectivity index (χ3n) is 2.44. The van der Waals surface area contributed by atoms with E-state index in [9.17, 15) is 0 Å². The summed E-state index contributed by atoms with van der Waals surface area (Å²) < 4.78 is 10.3. The quantitative estimate of drug-likeness (QED) is 0.788. The van der Waals surface area contributed by atoms with Crippen LogP contribution in [-0.2, 0) is 6.42 Å². The van der Waals surface area contributed by atoms with Crippen molar-refractivity contribution >= 4 is 0 Å². The van der Waals surface area contributed by atoms with E-state index in [1.807, 2.05) is 30.3 Å². The number of hydrogen-bond donors (Lipinski definition) is 0. The maximum absolute atomic E-state index is 5.23. The molecule has 0 aliphatic rings. The second-order valence-electron chi connectivity index (χ2n) is 3.66. The first-order valence-corrected chi connectivity index (χ1v) is 5.43. The van der Waals surface area contributed by atoms with E-state index in [1.165, 1.54) is 0 Å². The number of ether oxygens (including phenoxy) is 1. The maximum Gasteiger partial charge on any atom is 0.137 e. The summed E-state index contributed by atoms with van der Waals surface area (Å²) in [7, 11) is 1.66. The molecular weight excluding hydrogens is 202 g/mol. The SMILES string of the molecule is CCCc1cc(-c2ccc(OC)cc2)no1. The number of methoxy groups -OCH3 is 1. The molecule has 0 saturated carbocycles. The Kier molecular flexibility index (Phi) is 3.25. The fraction of sp³-hybridized carbons (Fsp3) is 0.308. The lowest BCUT2D eigenvalue weighted by Gasteiger charge is -1.99. The highest BCUT2D eigenvalue weighted by Gasteiger charge is 2.05. The average Bonchev–Trinajstić information content (AvgIpc) is 2.78. The molecule has 0 amide bonds. The maximum atomic E-state index is 5.23. The number of rotatable bonds is 4. The Morgan fingerprint density at radius 3 is 2.62 bits per heavy atom. The van der Waals surface area contributed by atoms with E-state index in [0.29, 0.717) is 0 Å². The van der Waals surface area contributed by atoms with Crippen molar-refractivity contribution in [2.75, 3.05) is 7.11 Å². The van der Waals surface area contributed by atoms with Crippen LogP contribution in [0.3, 0.4) is 0 Å². The summed E-state index contributed by atoms with van der Waals surface area (Å²) in [5.41, 5.74) is 1.93. The molecule has 2 aromatic rings. The molecule has 1 heterocycles. The molecule has 0 spiro atoms. The normalized spacial score (nSPS) is 10.4. The van der Waals surface area contributed by atoms with Gasteiger partial charge in [-0.05, 0) is 30.7 Å². The molecule has 84 valence electrons. The van der Waals surface area contributed by atoms with Gasteiger partial charge in [-0.1, -0.05) is 12.1 Å². The zero-order valence-corrected chi connectivity index (χ0v) is 9.56. The van der Waals surface area contributed by atoms with Crippen molar-refractivity contribution in [1.29, 1.82) is 0 Å². The molecule has 0 bridgehead atoms. The van der Waals surface area contributed by atoms with Crippen molar-refractivity contribution in [2.24, 2.45) is 0 Å². The second-order valence-corrected chi connectivity index (χ2v) is 3.66. The predicted molar refractivity (Wildman–Crippen MR) is 62.5 cm³/mol. The van der Waals surface area contributed by atoms with Gasteiger partial charge in [0.15, 0.2) is 0 Å². The van der Waals surface area contributed by atoms with Crippen LogP contribution in [0.1, 0.15) is 19.1 Å². The molecule has 0 radical (unpaired) electrons. The summed E-state index contributed by atoms with van der Waals surface area (Å²) in [6.45, 7) is 2.12. The van der Waals surface area contributed by atoms with E-state index in [-0.39, 0.29) is 0 Å². The Bertz CT molecular complexity index is 445. The summed E-state index contributed by atoms with van der Waals surface area (Å²) in [4.78, 5) is 0. The van der Waals surface area contributed by atoms with Gasteiger partial charge in [0.1, 0.15) is 17.2 Å². The highest BCUT2D eigenvalue weighted by Crippen LogP contribution is 2.22. The van der Waals surface area contributed by atoms with Crippen LogP contribution in [0.25, 0.3) is 11.3 Å². The highest BCUT2D eigenvalue weighted by atomic mass is 16.5. The van der Waals surface area contributed by atoms with Crippen LogP contribution < -0.4 is 4.74 Å². The number of aromatic nitrogens is 1. The number of benzene rings is 1. The Morgan fingerprint density at radius 2 is 2.00 bits per heavy atom. The molecule has 0 N–H and O–H groups in total. The third kappa shape index (κ3) is 2.24. The third-order valence-corrected chi connectivity index (χ3v) is 2.44. The molecule has 2 rings (SSSR count). The van der Waals surface area contributed by atoms with Crippen LogP contribution >= 0.6 is 0 Å². The van der Waals surface area contributed by atoms with Gasteiger partial charge in [0.05, 0.1) is 7.11 Å². The molecule has 1 aromatic carbocycles. The largest absolute Gasteiger partial charge is 0.497 e. The van der Waals surface area contributed by atoms with Crippen LogP contribution in [0.15, 0.2) is 34.9 Å². The van der Waals surface area contributed by atoms with Crippen molar-refractivity contribution < 1.29 is 9.26 Å². The predicted octanol–water partition coefficient (Wildman–Crippen LogP) is 3.30. The van der Waals surface area contributed by atoms with E-state index in [0.717, 1.165) is 35.6 Å². The van der Waals surface area contributed by atoms with Gasteiger partial charge in [-0.2, -0.15) is 0 Å². The van der Waals surface area contributed by atoms with Gasteiger partial charge in [0, 0.05) is 18.1 Å². The Balaban J connectivity index is 2.21. The van der Waals surface area contributed by atoms with Crippen molar-refractivity contribution in [1.82, 2.24) is 5.16 Å². The zero-order valence-electron chi connectivity index (χ0n) is 9.56. The van der Waals surface area contributed by atoms with Crippen LogP contribution in [0.2, 0.25) is 0 Å². The molecule has 0 aliphatic heterocycles. The first-order valence-electron chi connectivity index (χ1n) is 5.43. The van der Waals surface area contributed by atoms with Gasteiger partial charge >= 0.3 is 0 Å². The van der Waals surface area contributed by atoms with E-state index in [1.54, 1.807) is 7.11 Å². The number of nitrogens with zero attached hydrogens (tertiary/aromatic N) is 1. The molecule has 0 saturated heterocycles. The van der Waals surface area contributed by atoms with Gasteiger partial charge in [-0.3, -0.25) is 0 Å². The van der Waals surface area contributed by atoms with Gasteiger partial charge in [0.25, 0.3) is 0 Å². The van der Waals surface area contributed by atoms with Crippen LogP contribution in [-0.4, -0.2) is 12.3 Å². The molecule has 3 nitrogen and oxygen atoms in total.